The van der Waals surface area contributed by atoms with E-state index >= 15 is 0 Å². The molecule has 1 aromatic carbocycles. The minimum absolute atomic E-state index is 0.235. The van der Waals surface area contributed by atoms with Crippen LogP contribution in [0.3, 0.4) is 0 Å². The lowest BCUT2D eigenvalue weighted by Gasteiger charge is -2.28. The van der Waals surface area contributed by atoms with Gasteiger partial charge in [-0.25, -0.2) is 0 Å². The first kappa shape index (κ1) is 13.7. The van der Waals surface area contributed by atoms with Crippen molar-refractivity contribution >= 4 is 5.69 Å². The summed E-state index contributed by atoms with van der Waals surface area (Å²) in [5.74, 6) is 0.964. The lowest BCUT2D eigenvalue weighted by molar-refractivity contribution is 0.310. The molecule has 0 bridgehead atoms. The molecule has 1 saturated heterocycles. The zero-order valence-corrected chi connectivity index (χ0v) is 13.1. The Morgan fingerprint density at radius 3 is 2.80 bits per heavy atom. The molecule has 1 atom stereocenters. The van der Waals surface area contributed by atoms with E-state index in [1.165, 1.54) is 30.6 Å². The molecule has 110 valence electrons. The average molecular weight is 274 g/mol. The molecule has 0 N–H and O–H groups in total. The van der Waals surface area contributed by atoms with Crippen LogP contribution in [0.1, 0.15) is 32.3 Å². The van der Waals surface area contributed by atoms with Gasteiger partial charge < -0.3 is 14.5 Å². The fraction of sp³-hybridized carbons (Fsp3) is 0.647. The van der Waals surface area contributed by atoms with Crippen molar-refractivity contribution in [3.63, 3.8) is 0 Å². The van der Waals surface area contributed by atoms with Gasteiger partial charge in [0, 0.05) is 36.3 Å². The van der Waals surface area contributed by atoms with Crippen LogP contribution < -0.4 is 9.64 Å². The molecule has 0 unspecified atom stereocenters. The third kappa shape index (κ3) is 2.28. The highest BCUT2D eigenvalue weighted by atomic mass is 16.5. The second-order valence-corrected chi connectivity index (χ2v) is 6.92. The summed E-state index contributed by atoms with van der Waals surface area (Å²) in [4.78, 5) is 5.06. The van der Waals surface area contributed by atoms with Crippen LogP contribution in [0.2, 0.25) is 0 Å². The third-order valence-electron chi connectivity index (χ3n) is 4.96. The molecule has 1 fully saturated rings. The zero-order valence-electron chi connectivity index (χ0n) is 13.1. The smallest absolute Gasteiger partial charge is 0.120 e. The molecular weight excluding hydrogens is 248 g/mol. The topological polar surface area (TPSA) is 15.7 Å². The SMILES string of the molecule is COc1ccc2c(c1)N(C[C@H]1CCCN1C)CC2(C)C. The van der Waals surface area contributed by atoms with E-state index in [1.54, 1.807) is 7.11 Å². The number of fused-ring (bicyclic) bond motifs is 1. The summed E-state index contributed by atoms with van der Waals surface area (Å²) in [6.07, 6.45) is 2.66. The second kappa shape index (κ2) is 4.96. The molecule has 3 rings (SSSR count). The summed E-state index contributed by atoms with van der Waals surface area (Å²) in [5.41, 5.74) is 3.06. The van der Waals surface area contributed by atoms with Crippen LogP contribution in [0.15, 0.2) is 18.2 Å². The number of anilines is 1. The summed E-state index contributed by atoms with van der Waals surface area (Å²) in [7, 11) is 4.00. The Kier molecular flexibility index (Phi) is 3.41. The van der Waals surface area contributed by atoms with Crippen molar-refractivity contribution < 1.29 is 4.74 Å². The van der Waals surface area contributed by atoms with Crippen LogP contribution >= 0.6 is 0 Å². The van der Waals surface area contributed by atoms with Crippen LogP contribution in [0.4, 0.5) is 5.69 Å². The minimum atomic E-state index is 0.235. The van der Waals surface area contributed by atoms with Gasteiger partial charge in [0.1, 0.15) is 5.75 Å². The van der Waals surface area contributed by atoms with E-state index < -0.39 is 0 Å². The number of ether oxygens (including phenoxy) is 1. The minimum Gasteiger partial charge on any atom is -0.497 e. The Hall–Kier alpha value is -1.22. The molecule has 1 aromatic rings. The molecule has 0 radical (unpaired) electrons. The molecule has 0 amide bonds. The van der Waals surface area contributed by atoms with Crippen LogP contribution in [-0.2, 0) is 5.41 Å². The molecule has 0 saturated carbocycles. The molecule has 0 aliphatic carbocycles. The van der Waals surface area contributed by atoms with Crippen LogP contribution in [0.25, 0.3) is 0 Å². The fourth-order valence-electron chi connectivity index (χ4n) is 3.75. The second-order valence-electron chi connectivity index (χ2n) is 6.92. The average Bonchev–Trinajstić information content (AvgIpc) is 2.92. The molecule has 3 heteroatoms. The first-order chi connectivity index (χ1) is 9.51. The van der Waals surface area contributed by atoms with Crippen molar-refractivity contribution in [2.24, 2.45) is 0 Å². The van der Waals surface area contributed by atoms with Crippen molar-refractivity contribution in [1.82, 2.24) is 4.90 Å². The van der Waals surface area contributed by atoms with Gasteiger partial charge in [-0.15, -0.1) is 0 Å². The predicted octanol–water partition coefficient (Wildman–Crippen LogP) is 2.89. The highest BCUT2D eigenvalue weighted by Crippen LogP contribution is 2.42. The summed E-state index contributed by atoms with van der Waals surface area (Å²) in [6.45, 7) is 8.18. The van der Waals surface area contributed by atoms with Crippen molar-refractivity contribution in [3.05, 3.63) is 23.8 Å². The summed E-state index contributed by atoms with van der Waals surface area (Å²) >= 11 is 0. The van der Waals surface area contributed by atoms with E-state index in [-0.39, 0.29) is 5.41 Å². The lowest BCUT2D eigenvalue weighted by Crippen LogP contribution is -2.39. The maximum Gasteiger partial charge on any atom is 0.120 e. The van der Waals surface area contributed by atoms with Crippen LogP contribution in [0.5, 0.6) is 5.75 Å². The Balaban J connectivity index is 1.87. The number of rotatable bonds is 3. The highest BCUT2D eigenvalue weighted by molar-refractivity contribution is 5.64. The monoisotopic (exact) mass is 274 g/mol. The van der Waals surface area contributed by atoms with E-state index in [4.69, 9.17) is 4.74 Å². The van der Waals surface area contributed by atoms with Gasteiger partial charge in [-0.1, -0.05) is 19.9 Å². The van der Waals surface area contributed by atoms with Gasteiger partial charge in [-0.05, 0) is 38.1 Å². The number of hydrogen-bond donors (Lipinski definition) is 0. The zero-order chi connectivity index (χ0) is 14.3. The molecule has 3 nitrogen and oxygen atoms in total. The fourth-order valence-corrected chi connectivity index (χ4v) is 3.75. The van der Waals surface area contributed by atoms with Gasteiger partial charge in [0.25, 0.3) is 0 Å². The van der Waals surface area contributed by atoms with E-state index in [2.05, 4.69) is 48.9 Å². The summed E-state index contributed by atoms with van der Waals surface area (Å²) < 4.78 is 5.41. The molecular formula is C17H26N2O. The summed E-state index contributed by atoms with van der Waals surface area (Å²) in [5, 5.41) is 0. The predicted molar refractivity (Wildman–Crippen MR) is 83.9 cm³/mol. The molecule has 20 heavy (non-hydrogen) atoms. The van der Waals surface area contributed by atoms with Gasteiger partial charge in [0.2, 0.25) is 0 Å². The van der Waals surface area contributed by atoms with Crippen LogP contribution in [-0.4, -0.2) is 44.7 Å². The number of likely N-dealkylation sites (N-methyl/N-ethyl adjacent to an activating group) is 1. The number of likely N-dealkylation sites (tertiary alicyclic amines) is 1. The standard InChI is InChI=1S/C17H26N2O/c1-17(2)12-19(11-13-6-5-9-18(13)3)16-10-14(20-4)7-8-15(16)17/h7-8,10,13H,5-6,9,11-12H2,1-4H3/t13-/m1/s1. The largest absolute Gasteiger partial charge is 0.497 e. The highest BCUT2D eigenvalue weighted by Gasteiger charge is 2.37. The number of nitrogens with zero attached hydrogens (tertiary/aromatic N) is 2. The lowest BCUT2D eigenvalue weighted by atomic mass is 9.87. The van der Waals surface area contributed by atoms with Crippen LogP contribution in [0, 0.1) is 0 Å². The Labute approximate surface area is 122 Å². The molecule has 2 aliphatic heterocycles. The normalized spacial score (nSPS) is 25.0. The van der Waals surface area contributed by atoms with Crippen molar-refractivity contribution in [3.8, 4) is 5.75 Å². The van der Waals surface area contributed by atoms with Gasteiger partial charge in [-0.2, -0.15) is 0 Å². The maximum atomic E-state index is 5.41. The van der Waals surface area contributed by atoms with Crippen molar-refractivity contribution in [2.45, 2.75) is 38.1 Å². The quantitative estimate of drug-likeness (QED) is 0.843. The van der Waals surface area contributed by atoms with E-state index in [0.29, 0.717) is 6.04 Å². The number of benzene rings is 1. The number of methoxy groups -OCH3 is 1. The Morgan fingerprint density at radius 1 is 1.35 bits per heavy atom. The van der Waals surface area contributed by atoms with Gasteiger partial charge >= 0.3 is 0 Å². The molecule has 2 aliphatic rings. The first-order valence-corrected chi connectivity index (χ1v) is 7.65. The molecule has 0 spiro atoms. The molecule has 2 heterocycles. The van der Waals surface area contributed by atoms with Gasteiger partial charge in [0.15, 0.2) is 0 Å². The third-order valence-corrected chi connectivity index (χ3v) is 4.96. The van der Waals surface area contributed by atoms with Crippen molar-refractivity contribution in [2.75, 3.05) is 38.7 Å². The van der Waals surface area contributed by atoms with Gasteiger partial charge in [-0.3, -0.25) is 0 Å². The summed E-state index contributed by atoms with van der Waals surface area (Å²) in [6, 6.07) is 7.24. The van der Waals surface area contributed by atoms with E-state index in [1.807, 2.05) is 0 Å². The van der Waals surface area contributed by atoms with E-state index in [9.17, 15) is 0 Å². The van der Waals surface area contributed by atoms with Gasteiger partial charge in [0.05, 0.1) is 7.11 Å². The van der Waals surface area contributed by atoms with Crippen molar-refractivity contribution in [1.29, 1.82) is 0 Å². The Bertz CT molecular complexity index is 498. The molecule has 0 aromatic heterocycles. The number of hydrogen-bond acceptors (Lipinski definition) is 3. The first-order valence-electron chi connectivity index (χ1n) is 7.65. The van der Waals surface area contributed by atoms with E-state index in [0.717, 1.165) is 18.8 Å². The Morgan fingerprint density at radius 2 is 2.15 bits per heavy atom. The maximum absolute atomic E-state index is 5.41.